The fourth-order valence-electron chi connectivity index (χ4n) is 3.55. The number of phenols is 2. The topological polar surface area (TPSA) is 96.3 Å². The SMILES string of the molecule is C=CC(C)OC(=O)c1cccc2c1N(C(=O)c1cc(O)c(O)c(C3CC3)c1)CCO2. The van der Waals surface area contributed by atoms with Gasteiger partial charge in [-0.15, -0.1) is 0 Å². The van der Waals surface area contributed by atoms with Gasteiger partial charge in [0.1, 0.15) is 24.1 Å². The number of aromatic hydroxyl groups is 2. The van der Waals surface area contributed by atoms with Gasteiger partial charge in [-0.25, -0.2) is 4.79 Å². The van der Waals surface area contributed by atoms with Crippen LogP contribution in [0.15, 0.2) is 43.0 Å². The largest absolute Gasteiger partial charge is 0.504 e. The van der Waals surface area contributed by atoms with Crippen molar-refractivity contribution < 1.29 is 29.3 Å². The second kappa shape index (κ2) is 7.74. The number of amides is 1. The Morgan fingerprint density at radius 3 is 2.77 bits per heavy atom. The predicted molar refractivity (Wildman–Crippen MR) is 110 cm³/mol. The van der Waals surface area contributed by atoms with E-state index >= 15 is 0 Å². The molecule has 0 aromatic heterocycles. The van der Waals surface area contributed by atoms with Crippen molar-refractivity contribution in [2.75, 3.05) is 18.1 Å². The number of hydrogen-bond donors (Lipinski definition) is 2. The Bertz CT molecular complexity index is 1030. The molecule has 1 unspecified atom stereocenters. The minimum Gasteiger partial charge on any atom is -0.504 e. The number of nitrogens with zero attached hydrogens (tertiary/aromatic N) is 1. The van der Waals surface area contributed by atoms with E-state index in [1.807, 2.05) is 0 Å². The molecule has 2 N–H and O–H groups in total. The molecule has 2 aliphatic rings. The first-order valence-electron chi connectivity index (χ1n) is 9.87. The first-order valence-corrected chi connectivity index (χ1v) is 9.87. The van der Waals surface area contributed by atoms with Crippen LogP contribution in [0.3, 0.4) is 0 Å². The van der Waals surface area contributed by atoms with Crippen molar-refractivity contribution in [3.8, 4) is 17.2 Å². The van der Waals surface area contributed by atoms with Crippen LogP contribution in [0.2, 0.25) is 0 Å². The summed E-state index contributed by atoms with van der Waals surface area (Å²) in [7, 11) is 0. The fraction of sp³-hybridized carbons (Fsp3) is 0.304. The summed E-state index contributed by atoms with van der Waals surface area (Å²) in [5, 5.41) is 20.3. The molecule has 1 aliphatic heterocycles. The molecule has 1 amide bonds. The van der Waals surface area contributed by atoms with E-state index in [-0.39, 0.29) is 41.7 Å². The van der Waals surface area contributed by atoms with Crippen molar-refractivity contribution in [1.82, 2.24) is 0 Å². The molecule has 1 fully saturated rings. The summed E-state index contributed by atoms with van der Waals surface area (Å²) >= 11 is 0. The Balaban J connectivity index is 1.73. The van der Waals surface area contributed by atoms with E-state index in [1.165, 1.54) is 17.0 Å². The Morgan fingerprint density at radius 2 is 2.07 bits per heavy atom. The second-order valence-electron chi connectivity index (χ2n) is 7.51. The summed E-state index contributed by atoms with van der Waals surface area (Å²) in [5.41, 5.74) is 1.34. The molecule has 0 bridgehead atoms. The van der Waals surface area contributed by atoms with Crippen molar-refractivity contribution in [3.63, 3.8) is 0 Å². The van der Waals surface area contributed by atoms with Crippen molar-refractivity contribution in [1.29, 1.82) is 0 Å². The first-order chi connectivity index (χ1) is 14.4. The smallest absolute Gasteiger partial charge is 0.340 e. The molecule has 156 valence electrons. The standard InChI is InChI=1S/C23H23NO6/c1-3-13(2)30-23(28)16-5-4-6-19-20(16)24(9-10-29-19)22(27)15-11-17(14-7-8-14)21(26)18(25)12-15/h3-6,11-14,25-26H,1,7-10H2,2H3. The highest BCUT2D eigenvalue weighted by atomic mass is 16.5. The van der Waals surface area contributed by atoms with Crippen LogP contribution < -0.4 is 9.64 Å². The highest BCUT2D eigenvalue weighted by Gasteiger charge is 2.33. The summed E-state index contributed by atoms with van der Waals surface area (Å²) in [6, 6.07) is 7.80. The summed E-state index contributed by atoms with van der Waals surface area (Å²) < 4.78 is 11.0. The van der Waals surface area contributed by atoms with E-state index in [9.17, 15) is 19.8 Å². The number of benzene rings is 2. The van der Waals surface area contributed by atoms with E-state index in [0.29, 0.717) is 17.0 Å². The van der Waals surface area contributed by atoms with Crippen LogP contribution in [-0.2, 0) is 4.74 Å². The lowest BCUT2D eigenvalue weighted by Crippen LogP contribution is -2.39. The van der Waals surface area contributed by atoms with Gasteiger partial charge in [-0.05, 0) is 49.9 Å². The van der Waals surface area contributed by atoms with Crippen LogP contribution >= 0.6 is 0 Å². The number of esters is 1. The molecular weight excluding hydrogens is 386 g/mol. The van der Waals surface area contributed by atoms with Crippen LogP contribution in [0.1, 0.15) is 52.0 Å². The normalized spacial score (nSPS) is 16.2. The third-order valence-electron chi connectivity index (χ3n) is 5.31. The molecule has 7 heteroatoms. The van der Waals surface area contributed by atoms with Gasteiger partial charge in [0.15, 0.2) is 11.5 Å². The highest BCUT2D eigenvalue weighted by Crippen LogP contribution is 2.47. The number of carbonyl (C=O) groups is 2. The lowest BCUT2D eigenvalue weighted by molar-refractivity contribution is 0.0425. The molecule has 0 saturated heterocycles. The molecule has 4 rings (SSSR count). The lowest BCUT2D eigenvalue weighted by atomic mass is 10.0. The molecule has 1 aliphatic carbocycles. The van der Waals surface area contributed by atoms with Gasteiger partial charge in [0.25, 0.3) is 5.91 Å². The highest BCUT2D eigenvalue weighted by molar-refractivity contribution is 6.11. The van der Waals surface area contributed by atoms with Gasteiger partial charge in [0.05, 0.1) is 12.1 Å². The Labute approximate surface area is 174 Å². The molecule has 1 saturated carbocycles. The number of fused-ring (bicyclic) bond motifs is 1. The van der Waals surface area contributed by atoms with Gasteiger partial charge in [-0.1, -0.05) is 18.7 Å². The average Bonchev–Trinajstić information content (AvgIpc) is 3.59. The summed E-state index contributed by atoms with van der Waals surface area (Å²) in [4.78, 5) is 27.5. The van der Waals surface area contributed by atoms with Crippen molar-refractivity contribution in [3.05, 3.63) is 59.7 Å². The number of ether oxygens (including phenoxy) is 2. The lowest BCUT2D eigenvalue weighted by Gasteiger charge is -2.31. The Hall–Kier alpha value is -3.48. The fourth-order valence-corrected chi connectivity index (χ4v) is 3.55. The zero-order valence-corrected chi connectivity index (χ0v) is 16.6. The summed E-state index contributed by atoms with van der Waals surface area (Å²) in [6.07, 6.45) is 2.83. The quantitative estimate of drug-likeness (QED) is 0.444. The minimum absolute atomic E-state index is 0.145. The second-order valence-corrected chi connectivity index (χ2v) is 7.51. The van der Waals surface area contributed by atoms with E-state index in [0.717, 1.165) is 12.8 Å². The van der Waals surface area contributed by atoms with Crippen LogP contribution in [0, 0.1) is 0 Å². The molecule has 2 aromatic rings. The minimum atomic E-state index is -0.588. The molecule has 7 nitrogen and oxygen atoms in total. The van der Waals surface area contributed by atoms with Gasteiger partial charge in [-0.2, -0.15) is 0 Å². The van der Waals surface area contributed by atoms with Gasteiger partial charge in [-0.3, -0.25) is 4.79 Å². The van der Waals surface area contributed by atoms with E-state index < -0.39 is 18.0 Å². The van der Waals surface area contributed by atoms with Gasteiger partial charge in [0.2, 0.25) is 0 Å². The average molecular weight is 409 g/mol. The van der Waals surface area contributed by atoms with E-state index in [1.54, 1.807) is 31.2 Å². The van der Waals surface area contributed by atoms with Gasteiger partial charge >= 0.3 is 5.97 Å². The third-order valence-corrected chi connectivity index (χ3v) is 5.31. The Morgan fingerprint density at radius 1 is 1.30 bits per heavy atom. The van der Waals surface area contributed by atoms with E-state index in [2.05, 4.69) is 6.58 Å². The van der Waals surface area contributed by atoms with Crippen molar-refractivity contribution in [2.45, 2.75) is 31.8 Å². The Kier molecular flexibility index (Phi) is 5.11. The third kappa shape index (κ3) is 3.58. The first kappa shape index (κ1) is 19.8. The monoisotopic (exact) mass is 409 g/mol. The van der Waals surface area contributed by atoms with Crippen molar-refractivity contribution >= 4 is 17.6 Å². The maximum absolute atomic E-state index is 13.4. The number of carbonyl (C=O) groups excluding carboxylic acids is 2. The predicted octanol–water partition coefficient (Wildman–Crippen LogP) is 3.75. The number of hydrogen-bond acceptors (Lipinski definition) is 6. The summed E-state index contributed by atoms with van der Waals surface area (Å²) in [5.74, 6) is -0.946. The van der Waals surface area contributed by atoms with Crippen molar-refractivity contribution in [2.24, 2.45) is 0 Å². The van der Waals surface area contributed by atoms with Crippen LogP contribution in [0.25, 0.3) is 0 Å². The molecule has 1 heterocycles. The number of rotatable bonds is 5. The number of anilines is 1. The summed E-state index contributed by atoms with van der Waals surface area (Å²) in [6.45, 7) is 5.80. The molecule has 1 atom stereocenters. The molecule has 2 aromatic carbocycles. The molecular formula is C23H23NO6. The number of phenolic OH excluding ortho intramolecular Hbond substituents is 2. The van der Waals surface area contributed by atoms with Gasteiger partial charge in [0, 0.05) is 11.1 Å². The van der Waals surface area contributed by atoms with Crippen LogP contribution in [-0.4, -0.2) is 41.3 Å². The zero-order chi connectivity index (χ0) is 21.4. The number of para-hydroxylation sites is 1. The van der Waals surface area contributed by atoms with Crippen LogP contribution in [0.5, 0.6) is 17.2 Å². The molecule has 0 radical (unpaired) electrons. The van der Waals surface area contributed by atoms with Crippen LogP contribution in [0.4, 0.5) is 5.69 Å². The zero-order valence-electron chi connectivity index (χ0n) is 16.6. The maximum Gasteiger partial charge on any atom is 0.340 e. The maximum atomic E-state index is 13.4. The molecule has 0 spiro atoms. The van der Waals surface area contributed by atoms with Gasteiger partial charge < -0.3 is 24.6 Å². The molecule has 30 heavy (non-hydrogen) atoms. The van der Waals surface area contributed by atoms with E-state index in [4.69, 9.17) is 9.47 Å².